The van der Waals surface area contributed by atoms with E-state index in [0.29, 0.717) is 17.3 Å². The van der Waals surface area contributed by atoms with Crippen LogP contribution in [-0.4, -0.2) is 67.3 Å². The van der Waals surface area contributed by atoms with E-state index < -0.39 is 12.0 Å². The molecule has 138 valence electrons. The number of hydrogen-bond donors (Lipinski definition) is 3. The molecule has 1 aromatic rings. The Morgan fingerprint density at radius 2 is 2.08 bits per heavy atom. The van der Waals surface area contributed by atoms with Crippen LogP contribution in [0.3, 0.4) is 0 Å². The first-order chi connectivity index (χ1) is 12.0. The average Bonchev–Trinajstić information content (AvgIpc) is 2.58. The molecule has 1 atom stereocenters. The number of carbonyl (C=O) groups excluding carboxylic acids is 1. The summed E-state index contributed by atoms with van der Waals surface area (Å²) in [7, 11) is 0. The smallest absolute Gasteiger partial charge is 0.321 e. The van der Waals surface area contributed by atoms with Gasteiger partial charge in [0.1, 0.15) is 6.04 Å². The van der Waals surface area contributed by atoms with Crippen LogP contribution in [0.5, 0.6) is 0 Å². The predicted octanol–water partition coefficient (Wildman–Crippen LogP) is 1.43. The summed E-state index contributed by atoms with van der Waals surface area (Å²) in [4.78, 5) is 25.7. The van der Waals surface area contributed by atoms with Crippen LogP contribution in [-0.2, 0) is 14.3 Å². The Morgan fingerprint density at radius 3 is 2.76 bits per heavy atom. The zero-order valence-electron chi connectivity index (χ0n) is 14.0. The lowest BCUT2D eigenvalue weighted by atomic mass is 10.2. The van der Waals surface area contributed by atoms with Crippen molar-refractivity contribution in [1.29, 1.82) is 0 Å². The minimum Gasteiger partial charge on any atom is -0.480 e. The molecule has 2 rings (SSSR count). The highest BCUT2D eigenvalue weighted by molar-refractivity contribution is 6.30. The molecule has 3 N–H and O–H groups in total. The molecule has 7 nitrogen and oxygen atoms in total. The van der Waals surface area contributed by atoms with Crippen molar-refractivity contribution in [3.63, 3.8) is 0 Å². The lowest BCUT2D eigenvalue weighted by Crippen LogP contribution is -2.42. The maximum atomic E-state index is 12.0. The molecule has 1 aromatic carbocycles. The minimum atomic E-state index is -1.03. The molecule has 0 bridgehead atoms. The Morgan fingerprint density at radius 1 is 1.32 bits per heavy atom. The van der Waals surface area contributed by atoms with Gasteiger partial charge in [0.05, 0.1) is 19.6 Å². The molecule has 0 radical (unpaired) electrons. The van der Waals surface area contributed by atoms with Crippen molar-refractivity contribution >= 4 is 29.2 Å². The summed E-state index contributed by atoms with van der Waals surface area (Å²) in [6.45, 7) is 4.73. The van der Waals surface area contributed by atoms with E-state index in [9.17, 15) is 14.7 Å². The van der Waals surface area contributed by atoms with Crippen LogP contribution in [0.4, 0.5) is 5.69 Å². The topological polar surface area (TPSA) is 90.9 Å². The monoisotopic (exact) mass is 369 g/mol. The zero-order chi connectivity index (χ0) is 18.1. The third kappa shape index (κ3) is 7.39. The number of carboxylic acids is 1. The molecule has 1 aliphatic heterocycles. The van der Waals surface area contributed by atoms with Gasteiger partial charge in [-0.05, 0) is 37.7 Å². The number of anilines is 1. The van der Waals surface area contributed by atoms with Crippen LogP contribution in [0.1, 0.15) is 12.8 Å². The van der Waals surface area contributed by atoms with Crippen molar-refractivity contribution < 1.29 is 19.4 Å². The van der Waals surface area contributed by atoms with Gasteiger partial charge in [-0.2, -0.15) is 0 Å². The first-order valence-corrected chi connectivity index (χ1v) is 8.74. The van der Waals surface area contributed by atoms with Crippen LogP contribution in [0.25, 0.3) is 0 Å². The fourth-order valence-electron chi connectivity index (χ4n) is 2.61. The summed E-state index contributed by atoms with van der Waals surface area (Å²) < 4.78 is 5.29. The number of carboxylic acid groups (broad SMARTS) is 1. The van der Waals surface area contributed by atoms with Crippen LogP contribution in [0, 0.1) is 0 Å². The Bertz CT molecular complexity index is 579. The highest BCUT2D eigenvalue weighted by Gasteiger charge is 2.20. The van der Waals surface area contributed by atoms with E-state index in [-0.39, 0.29) is 12.3 Å². The summed E-state index contributed by atoms with van der Waals surface area (Å²) >= 11 is 5.86. The number of aliphatic carboxylic acids is 1. The Balaban J connectivity index is 1.71. The van der Waals surface area contributed by atoms with Gasteiger partial charge in [-0.3, -0.25) is 14.5 Å². The molecule has 0 aromatic heterocycles. The molecular weight excluding hydrogens is 346 g/mol. The summed E-state index contributed by atoms with van der Waals surface area (Å²) in [6.07, 6.45) is 0.680. The number of amides is 1. The van der Waals surface area contributed by atoms with Gasteiger partial charge in [-0.15, -0.1) is 0 Å². The van der Waals surface area contributed by atoms with Gasteiger partial charge < -0.3 is 20.5 Å². The number of hydrogen-bond acceptors (Lipinski definition) is 5. The summed E-state index contributed by atoms with van der Waals surface area (Å²) in [5.74, 6) is -1.40. The highest BCUT2D eigenvalue weighted by Crippen LogP contribution is 2.15. The molecule has 1 amide bonds. The number of carbonyl (C=O) groups is 2. The summed E-state index contributed by atoms with van der Waals surface area (Å²) in [5, 5.41) is 15.4. The van der Waals surface area contributed by atoms with Crippen molar-refractivity contribution in [2.75, 3.05) is 44.7 Å². The molecule has 25 heavy (non-hydrogen) atoms. The predicted molar refractivity (Wildman–Crippen MR) is 96.0 cm³/mol. The van der Waals surface area contributed by atoms with Gasteiger partial charge in [0.2, 0.25) is 5.91 Å². The quantitative estimate of drug-likeness (QED) is 0.570. The number of morpholine rings is 1. The number of ether oxygens (including phenoxy) is 1. The van der Waals surface area contributed by atoms with Gasteiger partial charge in [-0.1, -0.05) is 17.7 Å². The van der Waals surface area contributed by atoms with E-state index in [1.54, 1.807) is 24.3 Å². The van der Waals surface area contributed by atoms with E-state index >= 15 is 0 Å². The van der Waals surface area contributed by atoms with Gasteiger partial charge in [0, 0.05) is 23.8 Å². The summed E-state index contributed by atoms with van der Waals surface area (Å²) in [6, 6.07) is 5.83. The van der Waals surface area contributed by atoms with Gasteiger partial charge in [0.25, 0.3) is 0 Å². The van der Waals surface area contributed by atoms with Crippen molar-refractivity contribution in [3.05, 3.63) is 29.3 Å². The number of halogens is 1. The maximum absolute atomic E-state index is 12.0. The number of rotatable bonds is 9. The van der Waals surface area contributed by atoms with Crippen LogP contribution in [0.15, 0.2) is 24.3 Å². The standard InChI is InChI=1S/C17H24ClN3O4/c18-13-3-1-4-14(11-13)20-16(22)12-15(17(23)24)19-5-2-6-21-7-9-25-10-8-21/h1,3-4,11,15,19H,2,5-10,12H2,(H,20,22)(H,23,24)/t15-/m0/s1. The molecule has 1 heterocycles. The molecule has 1 aliphatic rings. The highest BCUT2D eigenvalue weighted by atomic mass is 35.5. The molecule has 0 spiro atoms. The SMILES string of the molecule is O=C(C[C@H](NCCCN1CCOCC1)C(=O)O)Nc1cccc(Cl)c1. The molecule has 0 saturated carbocycles. The van der Waals surface area contributed by atoms with Gasteiger partial charge in [-0.25, -0.2) is 0 Å². The molecule has 1 saturated heterocycles. The second-order valence-electron chi connectivity index (χ2n) is 5.92. The zero-order valence-corrected chi connectivity index (χ0v) is 14.8. The van der Waals surface area contributed by atoms with Crippen LogP contribution < -0.4 is 10.6 Å². The minimum absolute atomic E-state index is 0.139. The van der Waals surface area contributed by atoms with E-state index in [2.05, 4.69) is 15.5 Å². The normalized spacial score (nSPS) is 16.4. The fourth-order valence-corrected chi connectivity index (χ4v) is 2.80. The lowest BCUT2D eigenvalue weighted by molar-refractivity contribution is -0.141. The van der Waals surface area contributed by atoms with Gasteiger partial charge in [0.15, 0.2) is 0 Å². The van der Waals surface area contributed by atoms with Crippen molar-refractivity contribution in [2.24, 2.45) is 0 Å². The maximum Gasteiger partial charge on any atom is 0.321 e. The summed E-state index contributed by atoms with van der Waals surface area (Å²) in [5.41, 5.74) is 0.550. The third-order valence-electron chi connectivity index (χ3n) is 3.94. The molecule has 0 aliphatic carbocycles. The van der Waals surface area contributed by atoms with E-state index in [4.69, 9.17) is 16.3 Å². The van der Waals surface area contributed by atoms with E-state index in [0.717, 1.165) is 39.3 Å². The molecular formula is C17H24ClN3O4. The molecule has 8 heteroatoms. The van der Waals surface area contributed by atoms with Crippen LogP contribution >= 0.6 is 11.6 Å². The van der Waals surface area contributed by atoms with Gasteiger partial charge >= 0.3 is 5.97 Å². The second-order valence-corrected chi connectivity index (χ2v) is 6.35. The van der Waals surface area contributed by atoms with E-state index in [1.807, 2.05) is 0 Å². The second kappa shape index (κ2) is 10.4. The van der Waals surface area contributed by atoms with Crippen molar-refractivity contribution in [2.45, 2.75) is 18.9 Å². The average molecular weight is 370 g/mol. The number of benzene rings is 1. The molecule has 1 fully saturated rings. The Labute approximate surface area is 152 Å². The fraction of sp³-hybridized carbons (Fsp3) is 0.529. The first-order valence-electron chi connectivity index (χ1n) is 8.36. The number of nitrogens with zero attached hydrogens (tertiary/aromatic N) is 1. The first kappa shape index (κ1) is 19.7. The Kier molecular flexibility index (Phi) is 8.14. The Hall–Kier alpha value is -1.67. The van der Waals surface area contributed by atoms with E-state index in [1.165, 1.54) is 0 Å². The third-order valence-corrected chi connectivity index (χ3v) is 4.18. The van der Waals surface area contributed by atoms with Crippen molar-refractivity contribution in [1.82, 2.24) is 10.2 Å². The largest absolute Gasteiger partial charge is 0.480 e. The lowest BCUT2D eigenvalue weighted by Gasteiger charge is -2.26. The molecule has 0 unspecified atom stereocenters. The van der Waals surface area contributed by atoms with Crippen LogP contribution in [0.2, 0.25) is 5.02 Å². The van der Waals surface area contributed by atoms with Crippen molar-refractivity contribution in [3.8, 4) is 0 Å². The number of nitrogens with one attached hydrogen (secondary N) is 2.